The smallest absolute Gasteiger partial charge is 0.378 e. The van der Waals surface area contributed by atoms with Crippen molar-refractivity contribution in [1.29, 1.82) is 0 Å². The van der Waals surface area contributed by atoms with Gasteiger partial charge >= 0.3 is 11.5 Å². The lowest BCUT2D eigenvalue weighted by atomic mass is 10.00. The van der Waals surface area contributed by atoms with Crippen LogP contribution < -0.4 is 0 Å². The third-order valence-electron chi connectivity index (χ3n) is 2.44. The molecule has 2 aromatic carbocycles. The largest absolute Gasteiger partial charge is 0.479 e. The average molecular weight is 298 g/mol. The van der Waals surface area contributed by atoms with E-state index in [1.807, 2.05) is 6.07 Å². The molecule has 0 spiro atoms. The van der Waals surface area contributed by atoms with E-state index in [0.717, 1.165) is 5.56 Å². The number of hydrogen-bond acceptors (Lipinski definition) is 3. The van der Waals surface area contributed by atoms with Crippen LogP contribution in [0.15, 0.2) is 54.6 Å². The molecule has 0 fully saturated rings. The van der Waals surface area contributed by atoms with Gasteiger partial charge in [0, 0.05) is 0 Å². The van der Waals surface area contributed by atoms with Crippen LogP contribution in [0.4, 0.5) is 13.2 Å². The van der Waals surface area contributed by atoms with Crippen molar-refractivity contribution in [2.24, 2.45) is 0 Å². The molecule has 20 heavy (non-hydrogen) atoms. The third kappa shape index (κ3) is 3.77. The zero-order valence-corrected chi connectivity index (χ0v) is 10.9. The van der Waals surface area contributed by atoms with Crippen LogP contribution in [-0.2, 0) is 4.18 Å². The number of hydrogen-bond donors (Lipinski definition) is 0. The second kappa shape index (κ2) is 6.00. The second-order valence-corrected chi connectivity index (χ2v) is 4.61. The maximum absolute atomic E-state index is 12.0. The van der Waals surface area contributed by atoms with E-state index in [2.05, 4.69) is 4.18 Å². The van der Waals surface area contributed by atoms with E-state index >= 15 is 0 Å². The van der Waals surface area contributed by atoms with Gasteiger partial charge < -0.3 is 4.18 Å². The number of alkyl halides is 3. The molecule has 2 rings (SSSR count). The van der Waals surface area contributed by atoms with E-state index in [-0.39, 0.29) is 5.56 Å². The lowest BCUT2D eigenvalue weighted by Crippen LogP contribution is -2.08. The minimum absolute atomic E-state index is 0.0930. The molecule has 0 aliphatic rings. The first-order valence-electron chi connectivity index (χ1n) is 5.58. The normalized spacial score (nSPS) is 11.2. The van der Waals surface area contributed by atoms with Gasteiger partial charge in [0.15, 0.2) is 12.0 Å². The molecule has 0 aliphatic heterocycles. The molecular weight excluding hydrogens is 289 g/mol. The summed E-state index contributed by atoms with van der Waals surface area (Å²) in [4.78, 5) is 11.7. The van der Waals surface area contributed by atoms with Crippen LogP contribution in [0.5, 0.6) is 0 Å². The fourth-order valence-corrected chi connectivity index (χ4v) is 1.92. The molecule has 0 aromatic heterocycles. The summed E-state index contributed by atoms with van der Waals surface area (Å²) in [6.07, 6.45) is 0. The lowest BCUT2D eigenvalue weighted by Gasteiger charge is -2.09. The minimum atomic E-state index is -4.61. The van der Waals surface area contributed by atoms with Crippen LogP contribution in [0.3, 0.4) is 0 Å². The number of carbonyl (C=O) groups excluding carboxylic acids is 1. The van der Waals surface area contributed by atoms with Crippen molar-refractivity contribution in [2.45, 2.75) is 5.51 Å². The van der Waals surface area contributed by atoms with Gasteiger partial charge in [-0.05, 0) is 17.2 Å². The Morgan fingerprint density at radius 1 is 0.950 bits per heavy atom. The van der Waals surface area contributed by atoms with Gasteiger partial charge in [-0.15, -0.1) is 0 Å². The Bertz CT molecular complexity index is 597. The van der Waals surface area contributed by atoms with Crippen molar-refractivity contribution in [3.63, 3.8) is 0 Å². The maximum Gasteiger partial charge on any atom is 0.479 e. The van der Waals surface area contributed by atoms with Crippen molar-refractivity contribution in [2.75, 3.05) is 0 Å². The molecule has 0 atom stereocenters. The van der Waals surface area contributed by atoms with E-state index in [0.29, 0.717) is 5.56 Å². The standard InChI is InChI=1S/C14H9F3O2S/c15-14(16,17)20-19-13(18)12-9-5-4-8-11(12)10-6-2-1-3-7-10/h1-9H. The molecule has 0 N–H and O–H groups in total. The van der Waals surface area contributed by atoms with Crippen molar-refractivity contribution >= 4 is 18.0 Å². The van der Waals surface area contributed by atoms with Crippen LogP contribution in [0, 0.1) is 0 Å². The summed E-state index contributed by atoms with van der Waals surface area (Å²) in [5, 5.41) is 0. The van der Waals surface area contributed by atoms with Gasteiger partial charge in [-0.1, -0.05) is 48.5 Å². The fraction of sp³-hybridized carbons (Fsp3) is 0.0714. The Labute approximate surface area is 117 Å². The van der Waals surface area contributed by atoms with E-state index in [9.17, 15) is 18.0 Å². The molecule has 0 saturated heterocycles. The highest BCUT2D eigenvalue weighted by Gasteiger charge is 2.33. The Morgan fingerprint density at radius 3 is 2.20 bits per heavy atom. The highest BCUT2D eigenvalue weighted by molar-refractivity contribution is 7.95. The molecule has 2 nitrogen and oxygen atoms in total. The Hall–Kier alpha value is -1.95. The number of carbonyl (C=O) groups is 1. The van der Waals surface area contributed by atoms with Gasteiger partial charge in [-0.3, -0.25) is 0 Å². The van der Waals surface area contributed by atoms with Crippen LogP contribution in [0.2, 0.25) is 0 Å². The molecule has 0 amide bonds. The van der Waals surface area contributed by atoms with Gasteiger partial charge in [0.25, 0.3) is 0 Å². The van der Waals surface area contributed by atoms with Crippen LogP contribution in [0.25, 0.3) is 11.1 Å². The molecule has 0 saturated carbocycles. The van der Waals surface area contributed by atoms with Crippen molar-refractivity contribution in [3.8, 4) is 11.1 Å². The molecule has 2 aromatic rings. The zero-order valence-electron chi connectivity index (χ0n) is 10.1. The van der Waals surface area contributed by atoms with Gasteiger partial charge in [0.2, 0.25) is 0 Å². The minimum Gasteiger partial charge on any atom is -0.378 e. The van der Waals surface area contributed by atoms with Gasteiger partial charge in [-0.2, -0.15) is 13.2 Å². The molecule has 104 valence electrons. The predicted octanol–water partition coefficient (Wildman–Crippen LogP) is 4.68. The summed E-state index contributed by atoms with van der Waals surface area (Å²) in [5.41, 5.74) is -3.26. The molecule has 0 aliphatic carbocycles. The van der Waals surface area contributed by atoms with E-state index in [1.54, 1.807) is 42.5 Å². The Balaban J connectivity index is 2.27. The maximum atomic E-state index is 12.0. The van der Waals surface area contributed by atoms with Crippen molar-refractivity contribution in [3.05, 3.63) is 60.2 Å². The zero-order chi connectivity index (χ0) is 14.6. The lowest BCUT2D eigenvalue weighted by molar-refractivity contribution is -0.0388. The summed E-state index contributed by atoms with van der Waals surface area (Å²) in [6.45, 7) is 0. The topological polar surface area (TPSA) is 26.3 Å². The number of benzene rings is 2. The van der Waals surface area contributed by atoms with Crippen molar-refractivity contribution < 1.29 is 22.1 Å². The highest BCUT2D eigenvalue weighted by Crippen LogP contribution is 2.33. The molecule has 0 radical (unpaired) electrons. The molecule has 0 heterocycles. The predicted molar refractivity (Wildman–Crippen MR) is 70.9 cm³/mol. The summed E-state index contributed by atoms with van der Waals surface area (Å²) < 4.78 is 40.3. The summed E-state index contributed by atoms with van der Waals surface area (Å²) in [7, 11) is 0. The second-order valence-electron chi connectivity index (χ2n) is 3.81. The molecule has 0 unspecified atom stereocenters. The Kier molecular flexibility index (Phi) is 4.34. The van der Waals surface area contributed by atoms with Gasteiger partial charge in [0.1, 0.15) is 0 Å². The van der Waals surface area contributed by atoms with Crippen LogP contribution in [-0.4, -0.2) is 11.5 Å². The Morgan fingerprint density at radius 2 is 1.55 bits per heavy atom. The molecule has 6 heteroatoms. The SMILES string of the molecule is O=C(OSC(F)(F)F)c1ccccc1-c1ccccc1. The monoisotopic (exact) mass is 298 g/mol. The van der Waals surface area contributed by atoms with Crippen LogP contribution in [0.1, 0.15) is 10.4 Å². The van der Waals surface area contributed by atoms with Crippen molar-refractivity contribution in [1.82, 2.24) is 0 Å². The fourth-order valence-electron chi connectivity index (χ4n) is 1.66. The molecular formula is C14H9F3O2S. The van der Waals surface area contributed by atoms with E-state index in [4.69, 9.17) is 0 Å². The third-order valence-corrected chi connectivity index (χ3v) is 2.87. The summed E-state index contributed by atoms with van der Waals surface area (Å²) in [6, 6.07) is 15.3. The number of halogens is 3. The first-order valence-corrected chi connectivity index (χ1v) is 6.33. The first kappa shape index (κ1) is 14.5. The van der Waals surface area contributed by atoms with Crippen LogP contribution >= 0.6 is 12.0 Å². The highest BCUT2D eigenvalue weighted by atomic mass is 32.2. The summed E-state index contributed by atoms with van der Waals surface area (Å²) in [5.74, 6) is -1.02. The average Bonchev–Trinajstić information content (AvgIpc) is 2.45. The van der Waals surface area contributed by atoms with E-state index in [1.165, 1.54) is 6.07 Å². The van der Waals surface area contributed by atoms with Gasteiger partial charge in [-0.25, -0.2) is 4.79 Å². The quantitative estimate of drug-likeness (QED) is 0.770. The first-order chi connectivity index (χ1) is 9.47. The number of rotatable bonds is 3. The summed E-state index contributed by atoms with van der Waals surface area (Å²) >= 11 is -0.809. The van der Waals surface area contributed by atoms with E-state index < -0.39 is 23.5 Å². The molecule has 0 bridgehead atoms. The van der Waals surface area contributed by atoms with Gasteiger partial charge in [0.05, 0.1) is 5.56 Å².